The van der Waals surface area contributed by atoms with E-state index in [1.165, 1.54) is 0 Å². The van der Waals surface area contributed by atoms with Gasteiger partial charge in [-0.05, 0) is 6.92 Å². The molecule has 0 aromatic heterocycles. The van der Waals surface area contributed by atoms with Crippen molar-refractivity contribution in [3.63, 3.8) is 0 Å². The van der Waals surface area contributed by atoms with Crippen molar-refractivity contribution in [3.05, 3.63) is 71.8 Å². The van der Waals surface area contributed by atoms with Crippen molar-refractivity contribution >= 4 is 17.6 Å². The van der Waals surface area contributed by atoms with E-state index in [0.717, 1.165) is 16.8 Å². The lowest BCUT2D eigenvalue weighted by atomic mass is 10.0. The molecule has 2 aromatic rings. The summed E-state index contributed by atoms with van der Waals surface area (Å²) in [5, 5.41) is 2.50. The molecule has 0 heterocycles. The second-order valence-electron chi connectivity index (χ2n) is 4.98. The van der Waals surface area contributed by atoms with Gasteiger partial charge < -0.3 is 10.1 Å². The summed E-state index contributed by atoms with van der Waals surface area (Å²) >= 11 is 0. The molecule has 2 aromatic carbocycles. The van der Waals surface area contributed by atoms with Gasteiger partial charge in [-0.3, -0.25) is 14.6 Å². The third-order valence-electron chi connectivity index (χ3n) is 3.21. The van der Waals surface area contributed by atoms with Gasteiger partial charge in [0, 0.05) is 11.1 Å². The third-order valence-corrected chi connectivity index (χ3v) is 3.21. The SMILES string of the molecule is CCOC(=O)CNC(=O)CN=C(c1ccccc1)c1ccccc1. The molecule has 24 heavy (non-hydrogen) atoms. The van der Waals surface area contributed by atoms with Crippen LogP contribution < -0.4 is 5.32 Å². The molecule has 0 radical (unpaired) electrons. The summed E-state index contributed by atoms with van der Waals surface area (Å²) in [5.74, 6) is -0.784. The van der Waals surface area contributed by atoms with Crippen molar-refractivity contribution in [2.45, 2.75) is 6.92 Å². The summed E-state index contributed by atoms with van der Waals surface area (Å²) in [6.45, 7) is 1.81. The zero-order valence-electron chi connectivity index (χ0n) is 13.6. The summed E-state index contributed by atoms with van der Waals surface area (Å²) < 4.78 is 4.77. The fourth-order valence-electron chi connectivity index (χ4n) is 2.13. The second kappa shape index (κ2) is 9.25. The quantitative estimate of drug-likeness (QED) is 0.627. The van der Waals surface area contributed by atoms with E-state index in [-0.39, 0.29) is 19.0 Å². The van der Waals surface area contributed by atoms with Crippen LogP contribution in [0.25, 0.3) is 0 Å². The number of nitrogens with zero attached hydrogens (tertiary/aromatic N) is 1. The molecule has 124 valence electrons. The lowest BCUT2D eigenvalue weighted by Crippen LogP contribution is -2.32. The molecule has 1 N–H and O–H groups in total. The summed E-state index contributed by atoms with van der Waals surface area (Å²) in [5.41, 5.74) is 2.60. The van der Waals surface area contributed by atoms with Crippen LogP contribution >= 0.6 is 0 Å². The number of benzene rings is 2. The minimum Gasteiger partial charge on any atom is -0.465 e. The zero-order chi connectivity index (χ0) is 17.2. The summed E-state index contributed by atoms with van der Waals surface area (Å²) in [7, 11) is 0. The molecule has 0 atom stereocenters. The summed E-state index contributed by atoms with van der Waals surface area (Å²) in [6, 6.07) is 19.3. The van der Waals surface area contributed by atoms with E-state index in [0.29, 0.717) is 6.61 Å². The highest BCUT2D eigenvalue weighted by atomic mass is 16.5. The van der Waals surface area contributed by atoms with E-state index in [9.17, 15) is 9.59 Å². The number of amides is 1. The van der Waals surface area contributed by atoms with Gasteiger partial charge in [-0.1, -0.05) is 60.7 Å². The number of carbonyl (C=O) groups excluding carboxylic acids is 2. The second-order valence-corrected chi connectivity index (χ2v) is 4.98. The van der Waals surface area contributed by atoms with Crippen molar-refractivity contribution in [1.82, 2.24) is 5.32 Å². The van der Waals surface area contributed by atoms with E-state index in [2.05, 4.69) is 10.3 Å². The first-order chi connectivity index (χ1) is 11.7. The number of rotatable bonds is 7. The third kappa shape index (κ3) is 5.35. The van der Waals surface area contributed by atoms with Crippen LogP contribution in [0.15, 0.2) is 65.7 Å². The van der Waals surface area contributed by atoms with Crippen LogP contribution in [-0.4, -0.2) is 37.3 Å². The van der Waals surface area contributed by atoms with Crippen LogP contribution in [-0.2, 0) is 14.3 Å². The predicted molar refractivity (Wildman–Crippen MR) is 93.0 cm³/mol. The smallest absolute Gasteiger partial charge is 0.325 e. The van der Waals surface area contributed by atoms with Crippen LogP contribution in [0, 0.1) is 0 Å². The highest BCUT2D eigenvalue weighted by Crippen LogP contribution is 2.10. The summed E-state index contributed by atoms with van der Waals surface area (Å²) in [6.07, 6.45) is 0. The lowest BCUT2D eigenvalue weighted by Gasteiger charge is -2.08. The van der Waals surface area contributed by atoms with E-state index >= 15 is 0 Å². The van der Waals surface area contributed by atoms with Crippen LogP contribution in [0.1, 0.15) is 18.1 Å². The van der Waals surface area contributed by atoms with Gasteiger partial charge >= 0.3 is 5.97 Å². The standard InChI is InChI=1S/C19H20N2O3/c1-2-24-18(23)14-20-17(22)13-21-19(15-9-5-3-6-10-15)16-11-7-4-8-12-16/h3-12H,2,13-14H2,1H3,(H,20,22). The van der Waals surface area contributed by atoms with E-state index < -0.39 is 5.97 Å². The average molecular weight is 324 g/mol. The van der Waals surface area contributed by atoms with Gasteiger partial charge in [-0.2, -0.15) is 0 Å². The normalized spacial score (nSPS) is 9.88. The molecule has 2 rings (SSSR count). The first-order valence-corrected chi connectivity index (χ1v) is 7.78. The van der Waals surface area contributed by atoms with Crippen molar-refractivity contribution in [3.8, 4) is 0 Å². The molecule has 0 spiro atoms. The van der Waals surface area contributed by atoms with Gasteiger partial charge in [0.05, 0.1) is 12.3 Å². The van der Waals surface area contributed by atoms with Gasteiger partial charge in [0.1, 0.15) is 13.1 Å². The molecule has 0 aliphatic heterocycles. The largest absolute Gasteiger partial charge is 0.465 e. The van der Waals surface area contributed by atoms with Crippen molar-refractivity contribution in [2.75, 3.05) is 19.7 Å². The topological polar surface area (TPSA) is 67.8 Å². The maximum atomic E-state index is 11.9. The molecule has 0 saturated heterocycles. The first kappa shape index (κ1) is 17.4. The Hall–Kier alpha value is -2.95. The lowest BCUT2D eigenvalue weighted by molar-refractivity contribution is -0.143. The minimum absolute atomic E-state index is 0.0570. The fraction of sp³-hybridized carbons (Fsp3) is 0.211. The Morgan fingerprint density at radius 2 is 1.50 bits per heavy atom. The van der Waals surface area contributed by atoms with Crippen molar-refractivity contribution in [1.29, 1.82) is 0 Å². The number of esters is 1. The molecular formula is C19H20N2O3. The average Bonchev–Trinajstić information content (AvgIpc) is 2.62. The Balaban J connectivity index is 2.09. The molecule has 0 saturated carbocycles. The number of nitrogens with one attached hydrogen (secondary N) is 1. The van der Waals surface area contributed by atoms with Crippen molar-refractivity contribution < 1.29 is 14.3 Å². The van der Waals surface area contributed by atoms with Gasteiger partial charge in [0.2, 0.25) is 5.91 Å². The Kier molecular flexibility index (Phi) is 6.71. The molecule has 0 aliphatic rings. The first-order valence-electron chi connectivity index (χ1n) is 7.78. The van der Waals surface area contributed by atoms with Crippen LogP contribution in [0.2, 0.25) is 0 Å². The van der Waals surface area contributed by atoms with Gasteiger partial charge in [0.15, 0.2) is 0 Å². The number of ether oxygens (including phenoxy) is 1. The Morgan fingerprint density at radius 3 is 2.00 bits per heavy atom. The predicted octanol–water partition coefficient (Wildman–Crippen LogP) is 2.20. The monoisotopic (exact) mass is 324 g/mol. The molecule has 5 heteroatoms. The van der Waals surface area contributed by atoms with Crippen LogP contribution in [0.4, 0.5) is 0 Å². The molecule has 0 bridgehead atoms. The summed E-state index contributed by atoms with van der Waals surface area (Å²) in [4.78, 5) is 27.6. The van der Waals surface area contributed by atoms with E-state index in [1.54, 1.807) is 6.92 Å². The minimum atomic E-state index is -0.457. The molecular weight excluding hydrogens is 304 g/mol. The number of aliphatic imine (C=N–C) groups is 1. The molecule has 0 fully saturated rings. The molecule has 1 amide bonds. The number of hydrogen-bond donors (Lipinski definition) is 1. The fourth-order valence-corrected chi connectivity index (χ4v) is 2.13. The highest BCUT2D eigenvalue weighted by Gasteiger charge is 2.09. The van der Waals surface area contributed by atoms with Gasteiger partial charge in [-0.25, -0.2) is 0 Å². The maximum Gasteiger partial charge on any atom is 0.325 e. The maximum absolute atomic E-state index is 11.9. The Bertz CT molecular complexity index is 656. The zero-order valence-corrected chi connectivity index (χ0v) is 13.6. The Morgan fingerprint density at radius 1 is 0.958 bits per heavy atom. The van der Waals surface area contributed by atoms with Crippen LogP contribution in [0.3, 0.4) is 0 Å². The van der Waals surface area contributed by atoms with E-state index in [4.69, 9.17) is 4.74 Å². The Labute approximate surface area is 141 Å². The number of carbonyl (C=O) groups is 2. The highest BCUT2D eigenvalue weighted by molar-refractivity contribution is 6.13. The van der Waals surface area contributed by atoms with E-state index in [1.807, 2.05) is 60.7 Å². The van der Waals surface area contributed by atoms with Gasteiger partial charge in [-0.15, -0.1) is 0 Å². The molecule has 0 unspecified atom stereocenters. The molecule has 0 aliphatic carbocycles. The number of hydrogen-bond acceptors (Lipinski definition) is 4. The van der Waals surface area contributed by atoms with Crippen molar-refractivity contribution in [2.24, 2.45) is 4.99 Å². The van der Waals surface area contributed by atoms with Crippen LogP contribution in [0.5, 0.6) is 0 Å². The van der Waals surface area contributed by atoms with Gasteiger partial charge in [0.25, 0.3) is 0 Å². The molecule has 5 nitrogen and oxygen atoms in total.